The molecule has 2 N–H and O–H groups in total. The van der Waals surface area contributed by atoms with Crippen molar-refractivity contribution in [1.82, 2.24) is 14.9 Å². The van der Waals surface area contributed by atoms with Crippen molar-refractivity contribution in [2.45, 2.75) is 6.92 Å². The minimum atomic E-state index is -0.523. The molecule has 1 amide bonds. The van der Waals surface area contributed by atoms with Gasteiger partial charge in [-0.15, -0.1) is 0 Å². The number of carbonyl (C=O) groups excluding carboxylic acids is 2. The predicted octanol–water partition coefficient (Wildman–Crippen LogP) is 1.57. The number of benzene rings is 1. The lowest BCUT2D eigenvalue weighted by atomic mass is 10.1. The highest BCUT2D eigenvalue weighted by Gasteiger charge is 2.16. The predicted molar refractivity (Wildman–Crippen MR) is 108 cm³/mol. The Balaban J connectivity index is 1.66. The number of morpholine rings is 1. The first-order valence-corrected chi connectivity index (χ1v) is 9.45. The molecule has 1 aliphatic heterocycles. The Morgan fingerprint density at radius 1 is 1.21 bits per heavy atom. The van der Waals surface area contributed by atoms with Crippen molar-refractivity contribution >= 4 is 23.5 Å². The summed E-state index contributed by atoms with van der Waals surface area (Å²) in [6.07, 6.45) is 0. The monoisotopic (exact) mass is 399 g/mol. The molecule has 0 aliphatic carbocycles. The van der Waals surface area contributed by atoms with Crippen LogP contribution in [0.3, 0.4) is 0 Å². The molecule has 154 valence electrons. The van der Waals surface area contributed by atoms with Crippen molar-refractivity contribution in [1.29, 1.82) is 0 Å². The van der Waals surface area contributed by atoms with E-state index in [1.165, 1.54) is 7.11 Å². The van der Waals surface area contributed by atoms with Crippen LogP contribution in [0.15, 0.2) is 30.3 Å². The third kappa shape index (κ3) is 5.72. The lowest BCUT2D eigenvalue weighted by molar-refractivity contribution is 0.0398. The molecule has 2 heterocycles. The number of anilines is 2. The molecule has 9 heteroatoms. The summed E-state index contributed by atoms with van der Waals surface area (Å²) in [6.45, 7) is 6.61. The number of ether oxygens (including phenoxy) is 2. The van der Waals surface area contributed by atoms with Gasteiger partial charge in [0.2, 0.25) is 5.95 Å². The van der Waals surface area contributed by atoms with E-state index in [9.17, 15) is 9.59 Å². The summed E-state index contributed by atoms with van der Waals surface area (Å²) in [5.74, 6) is -0.557. The molecule has 0 spiro atoms. The number of nitrogens with zero attached hydrogens (tertiary/aromatic N) is 3. The van der Waals surface area contributed by atoms with Gasteiger partial charge in [-0.1, -0.05) is 12.1 Å². The molecule has 29 heavy (non-hydrogen) atoms. The number of carbonyl (C=O) groups is 2. The van der Waals surface area contributed by atoms with Gasteiger partial charge in [-0.2, -0.15) is 0 Å². The van der Waals surface area contributed by atoms with Gasteiger partial charge in [0.15, 0.2) is 0 Å². The van der Waals surface area contributed by atoms with E-state index in [4.69, 9.17) is 9.47 Å². The second-order valence-corrected chi connectivity index (χ2v) is 6.59. The van der Waals surface area contributed by atoms with Crippen LogP contribution in [-0.2, 0) is 9.47 Å². The standard InChI is InChI=1S/C20H25N5O4/c1-14-13-17(18(26)23-16-6-4-3-5-15(16)19(27)28-2)24-20(22-14)21-7-8-25-9-11-29-12-10-25/h3-6,13H,7-12H2,1-2H3,(H,23,26)(H,21,22,24). The smallest absolute Gasteiger partial charge is 0.339 e. The van der Waals surface area contributed by atoms with Crippen LogP contribution in [-0.4, -0.2) is 73.2 Å². The Bertz CT molecular complexity index is 868. The summed E-state index contributed by atoms with van der Waals surface area (Å²) in [5, 5.41) is 5.90. The summed E-state index contributed by atoms with van der Waals surface area (Å²) >= 11 is 0. The molecule has 0 bridgehead atoms. The van der Waals surface area contributed by atoms with Crippen molar-refractivity contribution in [2.24, 2.45) is 0 Å². The van der Waals surface area contributed by atoms with E-state index < -0.39 is 11.9 Å². The minimum absolute atomic E-state index is 0.214. The first kappa shape index (κ1) is 20.7. The van der Waals surface area contributed by atoms with E-state index in [0.717, 1.165) is 32.8 Å². The van der Waals surface area contributed by atoms with E-state index in [0.29, 0.717) is 23.9 Å². The molecule has 1 aromatic heterocycles. The second kappa shape index (κ2) is 9.94. The van der Waals surface area contributed by atoms with Gasteiger partial charge in [-0.3, -0.25) is 9.69 Å². The SMILES string of the molecule is COC(=O)c1ccccc1NC(=O)c1cc(C)nc(NCCN2CCOCC2)n1. The molecule has 9 nitrogen and oxygen atoms in total. The van der Waals surface area contributed by atoms with Crippen LogP contribution in [0.5, 0.6) is 0 Å². The summed E-state index contributed by atoms with van der Waals surface area (Å²) in [7, 11) is 1.30. The maximum Gasteiger partial charge on any atom is 0.339 e. The quantitative estimate of drug-likeness (QED) is 0.676. The Labute approximate surface area is 169 Å². The van der Waals surface area contributed by atoms with Crippen molar-refractivity contribution in [3.8, 4) is 0 Å². The second-order valence-electron chi connectivity index (χ2n) is 6.59. The molecule has 0 saturated carbocycles. The minimum Gasteiger partial charge on any atom is -0.465 e. The van der Waals surface area contributed by atoms with E-state index in [1.807, 2.05) is 0 Å². The maximum absolute atomic E-state index is 12.7. The highest BCUT2D eigenvalue weighted by atomic mass is 16.5. The molecule has 1 saturated heterocycles. The molecule has 1 aliphatic rings. The van der Waals surface area contributed by atoms with Crippen LogP contribution >= 0.6 is 0 Å². The summed E-state index contributed by atoms with van der Waals surface area (Å²) < 4.78 is 10.1. The van der Waals surface area contributed by atoms with E-state index in [2.05, 4.69) is 25.5 Å². The summed E-state index contributed by atoms with van der Waals surface area (Å²) in [6, 6.07) is 8.26. The molecule has 1 fully saturated rings. The van der Waals surface area contributed by atoms with Crippen LogP contribution < -0.4 is 10.6 Å². The van der Waals surface area contributed by atoms with Crippen molar-refractivity contribution in [3.63, 3.8) is 0 Å². The third-order valence-electron chi connectivity index (χ3n) is 4.48. The molecule has 0 unspecified atom stereocenters. The number of methoxy groups -OCH3 is 1. The van der Waals surface area contributed by atoms with E-state index in [1.54, 1.807) is 37.3 Å². The largest absolute Gasteiger partial charge is 0.465 e. The average Bonchev–Trinajstić information content (AvgIpc) is 2.74. The van der Waals surface area contributed by atoms with Gasteiger partial charge in [0.05, 0.1) is 31.6 Å². The first-order chi connectivity index (χ1) is 14.1. The number of hydrogen-bond acceptors (Lipinski definition) is 8. The molecule has 1 aromatic carbocycles. The van der Waals surface area contributed by atoms with Gasteiger partial charge in [0, 0.05) is 31.9 Å². The summed E-state index contributed by atoms with van der Waals surface area (Å²) in [4.78, 5) is 35.5. The number of para-hydroxylation sites is 1. The molecule has 3 rings (SSSR count). The number of hydrogen-bond donors (Lipinski definition) is 2. The van der Waals surface area contributed by atoms with Gasteiger partial charge in [0.1, 0.15) is 5.69 Å². The van der Waals surface area contributed by atoms with E-state index in [-0.39, 0.29) is 11.3 Å². The lowest BCUT2D eigenvalue weighted by Gasteiger charge is -2.26. The number of nitrogens with one attached hydrogen (secondary N) is 2. The van der Waals surface area contributed by atoms with Gasteiger partial charge in [-0.25, -0.2) is 14.8 Å². The lowest BCUT2D eigenvalue weighted by Crippen LogP contribution is -2.39. The molecule has 2 aromatic rings. The molecular formula is C20H25N5O4. The third-order valence-corrected chi connectivity index (χ3v) is 4.48. The van der Waals surface area contributed by atoms with Gasteiger partial charge in [0.25, 0.3) is 5.91 Å². The number of rotatable bonds is 7. The van der Waals surface area contributed by atoms with Crippen LogP contribution in [0, 0.1) is 6.92 Å². The number of aryl methyl sites for hydroxylation is 1. The van der Waals surface area contributed by atoms with E-state index >= 15 is 0 Å². The van der Waals surface area contributed by atoms with Gasteiger partial charge >= 0.3 is 5.97 Å². The zero-order chi connectivity index (χ0) is 20.6. The Morgan fingerprint density at radius 2 is 1.97 bits per heavy atom. The zero-order valence-electron chi connectivity index (χ0n) is 16.6. The normalized spacial score (nSPS) is 14.3. The van der Waals surface area contributed by atoms with Crippen LogP contribution in [0.4, 0.5) is 11.6 Å². The number of amides is 1. The van der Waals surface area contributed by atoms with Crippen LogP contribution in [0.25, 0.3) is 0 Å². The molecule has 0 atom stereocenters. The average molecular weight is 399 g/mol. The van der Waals surface area contributed by atoms with Crippen molar-refractivity contribution in [2.75, 3.05) is 57.1 Å². The van der Waals surface area contributed by atoms with Crippen LogP contribution in [0.2, 0.25) is 0 Å². The Hall–Kier alpha value is -3.04. The first-order valence-electron chi connectivity index (χ1n) is 9.45. The summed E-state index contributed by atoms with van der Waals surface area (Å²) in [5.41, 5.74) is 1.52. The van der Waals surface area contributed by atoms with Crippen molar-refractivity contribution < 1.29 is 19.1 Å². The van der Waals surface area contributed by atoms with Crippen LogP contribution in [0.1, 0.15) is 26.5 Å². The Kier molecular flexibility index (Phi) is 7.09. The number of aromatic nitrogens is 2. The zero-order valence-corrected chi connectivity index (χ0v) is 16.6. The fraction of sp³-hybridized carbons (Fsp3) is 0.400. The van der Waals surface area contributed by atoms with Crippen molar-refractivity contribution in [3.05, 3.63) is 47.3 Å². The maximum atomic E-state index is 12.7. The van der Waals surface area contributed by atoms with Gasteiger partial charge in [-0.05, 0) is 25.1 Å². The fourth-order valence-electron chi connectivity index (χ4n) is 2.98. The molecule has 0 radical (unpaired) electrons. The Morgan fingerprint density at radius 3 is 2.72 bits per heavy atom. The highest BCUT2D eigenvalue weighted by Crippen LogP contribution is 2.17. The molecular weight excluding hydrogens is 374 g/mol. The van der Waals surface area contributed by atoms with Gasteiger partial charge < -0.3 is 20.1 Å². The number of esters is 1. The fourth-order valence-corrected chi connectivity index (χ4v) is 2.98. The highest BCUT2D eigenvalue weighted by molar-refractivity contribution is 6.07. The topological polar surface area (TPSA) is 106 Å².